The van der Waals surface area contributed by atoms with E-state index in [-0.39, 0.29) is 17.7 Å². The van der Waals surface area contributed by atoms with E-state index < -0.39 is 0 Å². The zero-order chi connectivity index (χ0) is 19.4. The number of rotatable bonds is 5. The molecule has 0 aromatic heterocycles. The third-order valence-electron chi connectivity index (χ3n) is 4.77. The highest BCUT2D eigenvalue weighted by Gasteiger charge is 2.24. The van der Waals surface area contributed by atoms with Crippen molar-refractivity contribution >= 4 is 40.7 Å². The Morgan fingerprint density at radius 1 is 1.15 bits per heavy atom. The van der Waals surface area contributed by atoms with Gasteiger partial charge >= 0.3 is 0 Å². The maximum absolute atomic E-state index is 12.4. The number of nitrogens with one attached hydrogen (secondary N) is 1. The Morgan fingerprint density at radius 3 is 2.56 bits per heavy atom. The Bertz CT molecular complexity index is 840. The first-order chi connectivity index (χ1) is 12.9. The van der Waals surface area contributed by atoms with Gasteiger partial charge < -0.3 is 16.0 Å². The number of halogens is 2. The molecular formula is C20H21Cl2N3O2. The lowest BCUT2D eigenvalue weighted by molar-refractivity contribution is -0.122. The maximum Gasteiger partial charge on any atom is 0.251 e. The van der Waals surface area contributed by atoms with Gasteiger partial charge in [0.2, 0.25) is 5.91 Å². The van der Waals surface area contributed by atoms with E-state index in [1.54, 1.807) is 30.3 Å². The molecule has 1 aliphatic heterocycles. The van der Waals surface area contributed by atoms with Gasteiger partial charge in [-0.05, 0) is 54.8 Å². The standard InChI is InChI=1S/C20H21Cl2N3O2/c21-16-6-3-14(18(22)10-16)11-24-20(27)13-4-7-17(8-5-13)25-9-1-2-15(12-25)19(23)26/h3-8,10,15H,1-2,9,11-12H2,(H2,23,26)(H,24,27)/t15-/m0/s1. The summed E-state index contributed by atoms with van der Waals surface area (Å²) in [5.74, 6) is -0.552. The molecule has 2 aromatic carbocycles. The van der Waals surface area contributed by atoms with Crippen molar-refractivity contribution in [3.63, 3.8) is 0 Å². The molecule has 27 heavy (non-hydrogen) atoms. The topological polar surface area (TPSA) is 75.4 Å². The number of hydrogen-bond acceptors (Lipinski definition) is 3. The van der Waals surface area contributed by atoms with E-state index in [4.69, 9.17) is 28.9 Å². The summed E-state index contributed by atoms with van der Waals surface area (Å²) in [6.07, 6.45) is 1.76. The summed E-state index contributed by atoms with van der Waals surface area (Å²) in [4.78, 5) is 25.9. The van der Waals surface area contributed by atoms with Crippen molar-refractivity contribution in [1.82, 2.24) is 5.32 Å². The van der Waals surface area contributed by atoms with Crippen LogP contribution in [0.3, 0.4) is 0 Å². The zero-order valence-electron chi connectivity index (χ0n) is 14.8. The van der Waals surface area contributed by atoms with E-state index in [0.717, 1.165) is 30.6 Å². The van der Waals surface area contributed by atoms with Crippen LogP contribution in [0.2, 0.25) is 10.0 Å². The minimum Gasteiger partial charge on any atom is -0.371 e. The first-order valence-electron chi connectivity index (χ1n) is 8.80. The predicted octanol–water partition coefficient (Wildman–Crippen LogP) is 3.63. The zero-order valence-corrected chi connectivity index (χ0v) is 16.3. The van der Waals surface area contributed by atoms with Gasteiger partial charge in [-0.2, -0.15) is 0 Å². The molecule has 1 atom stereocenters. The van der Waals surface area contributed by atoms with Crippen molar-refractivity contribution in [2.75, 3.05) is 18.0 Å². The van der Waals surface area contributed by atoms with E-state index in [9.17, 15) is 9.59 Å². The van der Waals surface area contributed by atoms with Crippen LogP contribution < -0.4 is 16.0 Å². The van der Waals surface area contributed by atoms with E-state index in [2.05, 4.69) is 10.2 Å². The fourth-order valence-electron chi connectivity index (χ4n) is 3.21. The number of nitrogens with zero attached hydrogens (tertiary/aromatic N) is 1. The number of benzene rings is 2. The SMILES string of the molecule is NC(=O)[C@H]1CCCN(c2ccc(C(=O)NCc3ccc(Cl)cc3Cl)cc2)C1. The Hall–Kier alpha value is -2.24. The molecule has 7 heteroatoms. The molecule has 0 saturated carbocycles. The van der Waals surface area contributed by atoms with E-state index in [1.165, 1.54) is 0 Å². The number of carbonyl (C=O) groups is 2. The van der Waals surface area contributed by atoms with E-state index >= 15 is 0 Å². The Balaban J connectivity index is 1.61. The summed E-state index contributed by atoms with van der Waals surface area (Å²) < 4.78 is 0. The summed E-state index contributed by atoms with van der Waals surface area (Å²) in [6.45, 7) is 1.82. The smallest absolute Gasteiger partial charge is 0.251 e. The fraction of sp³-hybridized carbons (Fsp3) is 0.300. The summed E-state index contributed by atoms with van der Waals surface area (Å²) in [5.41, 5.74) is 7.79. The summed E-state index contributed by atoms with van der Waals surface area (Å²) >= 11 is 12.0. The van der Waals surface area contributed by atoms with Crippen LogP contribution in [0.25, 0.3) is 0 Å². The molecular weight excluding hydrogens is 385 g/mol. The van der Waals surface area contributed by atoms with Crippen molar-refractivity contribution in [3.8, 4) is 0 Å². The lowest BCUT2D eigenvalue weighted by Crippen LogP contribution is -2.41. The van der Waals surface area contributed by atoms with Crippen LogP contribution in [0.5, 0.6) is 0 Å². The molecule has 5 nitrogen and oxygen atoms in total. The minimum absolute atomic E-state index is 0.120. The molecule has 0 radical (unpaired) electrons. The third kappa shape index (κ3) is 4.93. The lowest BCUT2D eigenvalue weighted by Gasteiger charge is -2.33. The van der Waals surface area contributed by atoms with Gasteiger partial charge in [-0.25, -0.2) is 0 Å². The number of nitrogens with two attached hydrogens (primary N) is 1. The number of primary amides is 1. The average Bonchev–Trinajstić information content (AvgIpc) is 2.67. The first-order valence-corrected chi connectivity index (χ1v) is 9.56. The normalized spacial score (nSPS) is 16.8. The molecule has 1 fully saturated rings. The van der Waals surface area contributed by atoms with Gasteiger partial charge in [-0.1, -0.05) is 29.3 Å². The second-order valence-corrected chi connectivity index (χ2v) is 7.50. The van der Waals surface area contributed by atoms with Gasteiger partial charge in [0.1, 0.15) is 0 Å². The highest BCUT2D eigenvalue weighted by atomic mass is 35.5. The maximum atomic E-state index is 12.4. The van der Waals surface area contributed by atoms with Crippen LogP contribution in [0.15, 0.2) is 42.5 Å². The van der Waals surface area contributed by atoms with Gasteiger partial charge in [0, 0.05) is 40.9 Å². The van der Waals surface area contributed by atoms with E-state index in [1.807, 2.05) is 12.1 Å². The monoisotopic (exact) mass is 405 g/mol. The lowest BCUT2D eigenvalue weighted by atomic mass is 9.97. The number of carbonyl (C=O) groups excluding carboxylic acids is 2. The Labute approximate surface area is 168 Å². The molecule has 0 unspecified atom stereocenters. The van der Waals surface area contributed by atoms with Gasteiger partial charge in [-0.3, -0.25) is 9.59 Å². The van der Waals surface area contributed by atoms with Crippen LogP contribution in [0.4, 0.5) is 5.69 Å². The second-order valence-electron chi connectivity index (χ2n) is 6.65. The van der Waals surface area contributed by atoms with Crippen molar-refractivity contribution in [3.05, 3.63) is 63.6 Å². The van der Waals surface area contributed by atoms with Crippen molar-refractivity contribution in [2.45, 2.75) is 19.4 Å². The fourth-order valence-corrected chi connectivity index (χ4v) is 3.69. The third-order valence-corrected chi connectivity index (χ3v) is 5.36. The highest BCUT2D eigenvalue weighted by molar-refractivity contribution is 6.35. The van der Waals surface area contributed by atoms with Crippen LogP contribution in [0, 0.1) is 5.92 Å². The number of anilines is 1. The number of piperidine rings is 1. The summed E-state index contributed by atoms with van der Waals surface area (Å²) in [7, 11) is 0. The van der Waals surface area contributed by atoms with Crippen LogP contribution in [0.1, 0.15) is 28.8 Å². The largest absolute Gasteiger partial charge is 0.371 e. The van der Waals surface area contributed by atoms with Gasteiger partial charge in [0.25, 0.3) is 5.91 Å². The van der Waals surface area contributed by atoms with Crippen LogP contribution in [-0.4, -0.2) is 24.9 Å². The predicted molar refractivity (Wildman–Crippen MR) is 108 cm³/mol. The second kappa shape index (κ2) is 8.63. The average molecular weight is 406 g/mol. The van der Waals surface area contributed by atoms with Gasteiger partial charge in [0.05, 0.1) is 5.92 Å². The molecule has 0 bridgehead atoms. The molecule has 0 spiro atoms. The van der Waals surface area contributed by atoms with Crippen molar-refractivity contribution in [2.24, 2.45) is 11.7 Å². The first kappa shape index (κ1) is 19.5. The quantitative estimate of drug-likeness (QED) is 0.797. The summed E-state index contributed by atoms with van der Waals surface area (Å²) in [5, 5.41) is 3.93. The Morgan fingerprint density at radius 2 is 1.89 bits per heavy atom. The summed E-state index contributed by atoms with van der Waals surface area (Å²) in [6, 6.07) is 12.5. The number of amides is 2. The molecule has 2 aromatic rings. The number of hydrogen-bond donors (Lipinski definition) is 2. The Kier molecular flexibility index (Phi) is 6.24. The molecule has 1 heterocycles. The van der Waals surface area contributed by atoms with Crippen LogP contribution >= 0.6 is 23.2 Å². The molecule has 1 aliphatic rings. The van der Waals surface area contributed by atoms with Crippen LogP contribution in [-0.2, 0) is 11.3 Å². The molecule has 2 amide bonds. The highest BCUT2D eigenvalue weighted by Crippen LogP contribution is 2.24. The molecule has 3 rings (SSSR count). The molecule has 0 aliphatic carbocycles. The molecule has 142 valence electrons. The van der Waals surface area contributed by atoms with E-state index in [0.29, 0.717) is 28.7 Å². The van der Waals surface area contributed by atoms with Crippen molar-refractivity contribution < 1.29 is 9.59 Å². The minimum atomic E-state index is -0.253. The van der Waals surface area contributed by atoms with Gasteiger partial charge in [-0.15, -0.1) is 0 Å². The van der Waals surface area contributed by atoms with Crippen molar-refractivity contribution in [1.29, 1.82) is 0 Å². The molecule has 3 N–H and O–H groups in total. The molecule has 1 saturated heterocycles. The van der Waals surface area contributed by atoms with Gasteiger partial charge in [0.15, 0.2) is 0 Å².